The number of carbonyl (C=O) groups excluding carboxylic acids is 3. The summed E-state index contributed by atoms with van der Waals surface area (Å²) in [4.78, 5) is 37.0. The maximum Gasteiger partial charge on any atom is 0.312 e. The standard InChI is InChI=1S/C16H23BrN4O3S/c1-10-8-11(17)4-5-12(10)19-14(22)9-21(2)15(23)13(6-7-25-3)20-16(18)24/h4-5,8,13H,6-7,9H2,1-3H3,(H,19,22)(H3,18,20,24). The number of hydrogen-bond donors (Lipinski definition) is 3. The summed E-state index contributed by atoms with van der Waals surface area (Å²) in [5.74, 6) is 0.0222. The van der Waals surface area contributed by atoms with Crippen molar-refractivity contribution in [2.24, 2.45) is 5.73 Å². The number of aryl methyl sites for hydroxylation is 1. The molecule has 7 nitrogen and oxygen atoms in total. The number of carbonyl (C=O) groups is 3. The van der Waals surface area contributed by atoms with Crippen molar-refractivity contribution in [1.82, 2.24) is 10.2 Å². The van der Waals surface area contributed by atoms with E-state index >= 15 is 0 Å². The molecule has 0 aromatic heterocycles. The molecule has 1 unspecified atom stereocenters. The van der Waals surface area contributed by atoms with Crippen LogP contribution in [0.4, 0.5) is 10.5 Å². The van der Waals surface area contributed by atoms with Crippen LogP contribution in [0.25, 0.3) is 0 Å². The normalized spacial score (nSPS) is 11.5. The zero-order valence-electron chi connectivity index (χ0n) is 14.5. The van der Waals surface area contributed by atoms with Crippen molar-refractivity contribution in [3.63, 3.8) is 0 Å². The zero-order chi connectivity index (χ0) is 19.0. The molecule has 1 rings (SSSR count). The van der Waals surface area contributed by atoms with Crippen LogP contribution in [0.5, 0.6) is 0 Å². The second-order valence-electron chi connectivity index (χ2n) is 5.54. The van der Waals surface area contributed by atoms with Crippen molar-refractivity contribution < 1.29 is 14.4 Å². The van der Waals surface area contributed by atoms with Gasteiger partial charge in [0.1, 0.15) is 6.04 Å². The summed E-state index contributed by atoms with van der Waals surface area (Å²) in [5.41, 5.74) is 6.72. The van der Waals surface area contributed by atoms with Crippen molar-refractivity contribution in [2.75, 3.05) is 30.9 Å². The molecule has 4 amide bonds. The molecule has 0 aliphatic heterocycles. The van der Waals surface area contributed by atoms with Gasteiger partial charge in [-0.15, -0.1) is 0 Å². The third-order valence-electron chi connectivity index (χ3n) is 3.44. The number of likely N-dealkylation sites (N-methyl/N-ethyl adjacent to an activating group) is 1. The lowest BCUT2D eigenvalue weighted by Crippen LogP contribution is -2.50. The second-order valence-corrected chi connectivity index (χ2v) is 7.45. The lowest BCUT2D eigenvalue weighted by molar-refractivity contribution is -0.135. The Hall–Kier alpha value is -1.74. The average molecular weight is 431 g/mol. The van der Waals surface area contributed by atoms with E-state index in [0.29, 0.717) is 17.9 Å². The molecule has 0 heterocycles. The van der Waals surface area contributed by atoms with E-state index in [2.05, 4.69) is 26.6 Å². The van der Waals surface area contributed by atoms with Crippen LogP contribution in [0.15, 0.2) is 22.7 Å². The molecule has 0 saturated carbocycles. The first kappa shape index (κ1) is 21.3. The van der Waals surface area contributed by atoms with Gasteiger partial charge in [-0.05, 0) is 49.1 Å². The smallest absolute Gasteiger partial charge is 0.312 e. The molecule has 0 saturated heterocycles. The van der Waals surface area contributed by atoms with Gasteiger partial charge in [-0.2, -0.15) is 11.8 Å². The minimum atomic E-state index is -0.761. The van der Waals surface area contributed by atoms with E-state index in [0.717, 1.165) is 10.0 Å². The molecule has 4 N–H and O–H groups in total. The quantitative estimate of drug-likeness (QED) is 0.585. The highest BCUT2D eigenvalue weighted by Gasteiger charge is 2.24. The highest BCUT2D eigenvalue weighted by molar-refractivity contribution is 9.10. The molecule has 1 atom stereocenters. The van der Waals surface area contributed by atoms with E-state index in [1.165, 1.54) is 11.9 Å². The summed E-state index contributed by atoms with van der Waals surface area (Å²) in [6, 6.07) is 4.00. The van der Waals surface area contributed by atoms with Crippen LogP contribution >= 0.6 is 27.7 Å². The molecule has 1 aromatic rings. The largest absolute Gasteiger partial charge is 0.352 e. The zero-order valence-corrected chi connectivity index (χ0v) is 16.9. The summed E-state index contributed by atoms with van der Waals surface area (Å²) in [5, 5.41) is 5.21. The highest BCUT2D eigenvalue weighted by atomic mass is 79.9. The molecule has 25 heavy (non-hydrogen) atoms. The monoisotopic (exact) mass is 430 g/mol. The van der Waals surface area contributed by atoms with Crippen molar-refractivity contribution >= 4 is 51.2 Å². The second kappa shape index (κ2) is 10.3. The molecule has 138 valence electrons. The van der Waals surface area contributed by atoms with E-state index < -0.39 is 12.1 Å². The van der Waals surface area contributed by atoms with Gasteiger partial charge >= 0.3 is 6.03 Å². The molecule has 9 heteroatoms. The van der Waals surface area contributed by atoms with Crippen molar-refractivity contribution in [1.29, 1.82) is 0 Å². The third kappa shape index (κ3) is 7.35. The van der Waals surface area contributed by atoms with Crippen LogP contribution in [-0.4, -0.2) is 54.4 Å². The number of rotatable bonds is 8. The molecule has 0 radical (unpaired) electrons. The number of thioether (sulfide) groups is 1. The van der Waals surface area contributed by atoms with E-state index in [4.69, 9.17) is 5.73 Å². The van der Waals surface area contributed by atoms with Gasteiger partial charge in [0.25, 0.3) is 0 Å². The Morgan fingerprint density at radius 2 is 2.04 bits per heavy atom. The number of anilines is 1. The van der Waals surface area contributed by atoms with Gasteiger partial charge in [0.05, 0.1) is 6.54 Å². The Labute approximate surface area is 160 Å². The minimum Gasteiger partial charge on any atom is -0.352 e. The molecule has 1 aromatic carbocycles. The number of halogens is 1. The predicted molar refractivity (Wildman–Crippen MR) is 105 cm³/mol. The summed E-state index contributed by atoms with van der Waals surface area (Å²) < 4.78 is 0.921. The molecule has 0 aliphatic carbocycles. The first-order chi connectivity index (χ1) is 11.7. The molecular formula is C16H23BrN4O3S. The lowest BCUT2D eigenvalue weighted by Gasteiger charge is -2.23. The van der Waals surface area contributed by atoms with Gasteiger partial charge in [-0.25, -0.2) is 4.79 Å². The van der Waals surface area contributed by atoms with Crippen LogP contribution in [0.2, 0.25) is 0 Å². The molecule has 0 bridgehead atoms. The summed E-state index contributed by atoms with van der Waals surface area (Å²) in [6.07, 6.45) is 2.35. The fraction of sp³-hybridized carbons (Fsp3) is 0.438. The Morgan fingerprint density at radius 1 is 1.36 bits per heavy atom. The molecule has 0 aliphatic rings. The summed E-state index contributed by atoms with van der Waals surface area (Å²) in [7, 11) is 1.52. The van der Waals surface area contributed by atoms with E-state index in [1.54, 1.807) is 17.8 Å². The number of amides is 4. The van der Waals surface area contributed by atoms with E-state index in [9.17, 15) is 14.4 Å². The van der Waals surface area contributed by atoms with E-state index in [1.807, 2.05) is 25.3 Å². The van der Waals surface area contributed by atoms with Crippen LogP contribution in [0.1, 0.15) is 12.0 Å². The average Bonchev–Trinajstić information content (AvgIpc) is 2.53. The topological polar surface area (TPSA) is 105 Å². The first-order valence-corrected chi connectivity index (χ1v) is 9.79. The third-order valence-corrected chi connectivity index (χ3v) is 4.58. The number of nitrogens with two attached hydrogens (primary N) is 1. The van der Waals surface area contributed by atoms with Crippen LogP contribution in [0, 0.1) is 6.92 Å². The number of primary amides is 1. The van der Waals surface area contributed by atoms with Gasteiger partial charge in [-0.3, -0.25) is 9.59 Å². The molecule has 0 spiro atoms. The highest BCUT2D eigenvalue weighted by Crippen LogP contribution is 2.19. The maximum absolute atomic E-state index is 12.4. The number of nitrogens with one attached hydrogen (secondary N) is 2. The van der Waals surface area contributed by atoms with E-state index in [-0.39, 0.29) is 18.4 Å². The maximum atomic E-state index is 12.4. The predicted octanol–water partition coefficient (Wildman–Crippen LogP) is 1.94. The summed E-state index contributed by atoms with van der Waals surface area (Å²) >= 11 is 4.92. The van der Waals surface area contributed by atoms with Crippen LogP contribution in [-0.2, 0) is 9.59 Å². The SMILES string of the molecule is CSCCC(NC(N)=O)C(=O)N(C)CC(=O)Nc1ccc(Br)cc1C. The van der Waals surface area contributed by atoms with Gasteiger partial charge in [0.2, 0.25) is 11.8 Å². The fourth-order valence-electron chi connectivity index (χ4n) is 2.18. The van der Waals surface area contributed by atoms with Gasteiger partial charge in [0, 0.05) is 17.2 Å². The fourth-order valence-corrected chi connectivity index (χ4v) is 3.13. The van der Waals surface area contributed by atoms with Crippen LogP contribution in [0.3, 0.4) is 0 Å². The van der Waals surface area contributed by atoms with Gasteiger partial charge in [0.15, 0.2) is 0 Å². The first-order valence-electron chi connectivity index (χ1n) is 7.60. The van der Waals surface area contributed by atoms with Crippen molar-refractivity contribution in [3.8, 4) is 0 Å². The van der Waals surface area contributed by atoms with Crippen LogP contribution < -0.4 is 16.4 Å². The summed E-state index contributed by atoms with van der Waals surface area (Å²) in [6.45, 7) is 1.76. The Balaban J connectivity index is 2.67. The van der Waals surface area contributed by atoms with Crippen molar-refractivity contribution in [2.45, 2.75) is 19.4 Å². The van der Waals surface area contributed by atoms with Gasteiger partial charge < -0.3 is 21.3 Å². The Morgan fingerprint density at radius 3 is 2.60 bits per heavy atom. The Kier molecular flexibility index (Phi) is 8.77. The number of benzene rings is 1. The number of urea groups is 1. The minimum absolute atomic E-state index is 0.120. The Bertz CT molecular complexity index is 642. The lowest BCUT2D eigenvalue weighted by atomic mass is 10.2. The number of hydrogen-bond acceptors (Lipinski definition) is 4. The van der Waals surface area contributed by atoms with Gasteiger partial charge in [-0.1, -0.05) is 15.9 Å². The molecule has 0 fully saturated rings. The molecular weight excluding hydrogens is 408 g/mol. The number of nitrogens with zero attached hydrogens (tertiary/aromatic N) is 1. The van der Waals surface area contributed by atoms with Crippen molar-refractivity contribution in [3.05, 3.63) is 28.2 Å².